The summed E-state index contributed by atoms with van der Waals surface area (Å²) in [5.74, 6) is 1.27. The first-order valence-electron chi connectivity index (χ1n) is 6.98. The molecule has 110 valence electrons. The Morgan fingerprint density at radius 2 is 1.67 bits per heavy atom. The van der Waals surface area contributed by atoms with Gasteiger partial charge in [0.2, 0.25) is 5.95 Å². The third kappa shape index (κ3) is 3.03. The summed E-state index contributed by atoms with van der Waals surface area (Å²) in [6.45, 7) is 5.75. The van der Waals surface area contributed by atoms with Crippen LogP contribution in [0.2, 0.25) is 5.02 Å². The van der Waals surface area contributed by atoms with Crippen molar-refractivity contribution < 1.29 is 0 Å². The molecule has 1 aliphatic heterocycles. The van der Waals surface area contributed by atoms with Crippen LogP contribution in [0.15, 0.2) is 30.5 Å². The normalized spacial score (nSPS) is 15.3. The molecule has 0 aliphatic carbocycles. The average molecular weight is 304 g/mol. The van der Waals surface area contributed by atoms with E-state index >= 15 is 0 Å². The molecule has 0 bridgehead atoms. The summed E-state index contributed by atoms with van der Waals surface area (Å²) in [7, 11) is 0. The molecule has 0 saturated carbocycles. The molecule has 2 N–H and O–H groups in total. The summed E-state index contributed by atoms with van der Waals surface area (Å²) in [5, 5.41) is 0.768. The van der Waals surface area contributed by atoms with Crippen LogP contribution >= 0.6 is 11.6 Å². The quantitative estimate of drug-likeness (QED) is 0.923. The molecular weight excluding hydrogens is 286 g/mol. The van der Waals surface area contributed by atoms with E-state index in [4.69, 9.17) is 17.3 Å². The predicted molar refractivity (Wildman–Crippen MR) is 87.1 cm³/mol. The number of nitrogens with two attached hydrogens (primary N) is 1. The molecule has 6 heteroatoms. The zero-order chi connectivity index (χ0) is 14.8. The lowest BCUT2D eigenvalue weighted by atomic mass is 10.2. The van der Waals surface area contributed by atoms with Gasteiger partial charge in [-0.3, -0.25) is 0 Å². The maximum absolute atomic E-state index is 5.93. The van der Waals surface area contributed by atoms with Crippen molar-refractivity contribution in [3.8, 4) is 0 Å². The van der Waals surface area contributed by atoms with Crippen LogP contribution in [0.5, 0.6) is 0 Å². The van der Waals surface area contributed by atoms with Gasteiger partial charge in [-0.25, -0.2) is 4.98 Å². The predicted octanol–water partition coefficient (Wildman–Crippen LogP) is 2.35. The molecule has 0 unspecified atom stereocenters. The minimum absolute atomic E-state index is 0.329. The van der Waals surface area contributed by atoms with Crippen LogP contribution in [0, 0.1) is 6.92 Å². The number of hydrogen-bond acceptors (Lipinski definition) is 5. The van der Waals surface area contributed by atoms with Gasteiger partial charge in [-0.05, 0) is 31.2 Å². The van der Waals surface area contributed by atoms with Crippen LogP contribution < -0.4 is 15.5 Å². The molecule has 21 heavy (non-hydrogen) atoms. The Balaban J connectivity index is 1.70. The summed E-state index contributed by atoms with van der Waals surface area (Å²) in [6, 6.07) is 7.98. The van der Waals surface area contributed by atoms with Gasteiger partial charge >= 0.3 is 0 Å². The van der Waals surface area contributed by atoms with Gasteiger partial charge in [0.25, 0.3) is 0 Å². The van der Waals surface area contributed by atoms with Crippen molar-refractivity contribution in [3.63, 3.8) is 0 Å². The van der Waals surface area contributed by atoms with Gasteiger partial charge in [-0.1, -0.05) is 11.6 Å². The number of nitrogen functional groups attached to an aromatic ring is 1. The van der Waals surface area contributed by atoms with Crippen molar-refractivity contribution in [2.45, 2.75) is 6.92 Å². The van der Waals surface area contributed by atoms with Crippen LogP contribution in [0.25, 0.3) is 0 Å². The summed E-state index contributed by atoms with van der Waals surface area (Å²) < 4.78 is 0. The minimum atomic E-state index is 0.329. The van der Waals surface area contributed by atoms with Gasteiger partial charge in [0.1, 0.15) is 5.82 Å². The first kappa shape index (κ1) is 13.9. The van der Waals surface area contributed by atoms with Crippen molar-refractivity contribution in [1.29, 1.82) is 0 Å². The van der Waals surface area contributed by atoms with Crippen LogP contribution in [-0.4, -0.2) is 36.1 Å². The number of benzene rings is 1. The molecular formula is C15H18ClN5. The summed E-state index contributed by atoms with van der Waals surface area (Å²) in [5.41, 5.74) is 7.96. The number of piperazine rings is 1. The maximum Gasteiger partial charge on any atom is 0.221 e. The van der Waals surface area contributed by atoms with E-state index in [1.165, 1.54) is 5.69 Å². The van der Waals surface area contributed by atoms with E-state index < -0.39 is 0 Å². The van der Waals surface area contributed by atoms with E-state index in [9.17, 15) is 0 Å². The molecule has 1 aromatic heterocycles. The van der Waals surface area contributed by atoms with Gasteiger partial charge < -0.3 is 15.5 Å². The number of hydrogen-bond donors (Lipinski definition) is 1. The van der Waals surface area contributed by atoms with Crippen LogP contribution in [-0.2, 0) is 0 Å². The Morgan fingerprint density at radius 1 is 1.05 bits per heavy atom. The van der Waals surface area contributed by atoms with Crippen molar-refractivity contribution in [1.82, 2.24) is 9.97 Å². The Hall–Kier alpha value is -2.01. The minimum Gasteiger partial charge on any atom is -0.368 e. The largest absolute Gasteiger partial charge is 0.368 e. The summed E-state index contributed by atoms with van der Waals surface area (Å²) in [4.78, 5) is 13.0. The topological polar surface area (TPSA) is 58.3 Å². The third-order valence-electron chi connectivity index (χ3n) is 3.73. The number of anilines is 3. The smallest absolute Gasteiger partial charge is 0.221 e. The van der Waals surface area contributed by atoms with E-state index in [2.05, 4.69) is 31.9 Å². The molecule has 0 radical (unpaired) electrons. The highest BCUT2D eigenvalue weighted by Gasteiger charge is 2.20. The molecule has 5 nitrogen and oxygen atoms in total. The van der Waals surface area contributed by atoms with E-state index in [1.54, 1.807) is 6.20 Å². The monoisotopic (exact) mass is 303 g/mol. The molecule has 0 atom stereocenters. The number of aryl methyl sites for hydroxylation is 1. The maximum atomic E-state index is 5.93. The Morgan fingerprint density at radius 3 is 2.33 bits per heavy atom. The first-order valence-corrected chi connectivity index (χ1v) is 7.36. The Kier molecular flexibility index (Phi) is 3.84. The molecule has 2 aromatic rings. The average Bonchev–Trinajstić information content (AvgIpc) is 2.51. The van der Waals surface area contributed by atoms with Crippen molar-refractivity contribution in [2.24, 2.45) is 0 Å². The molecule has 1 saturated heterocycles. The van der Waals surface area contributed by atoms with Gasteiger partial charge in [0, 0.05) is 48.6 Å². The zero-order valence-corrected chi connectivity index (χ0v) is 12.7. The van der Waals surface area contributed by atoms with E-state index in [0.717, 1.165) is 42.6 Å². The highest BCUT2D eigenvalue weighted by molar-refractivity contribution is 6.30. The van der Waals surface area contributed by atoms with E-state index in [1.807, 2.05) is 19.1 Å². The SMILES string of the molecule is Cc1cnc(N)nc1N1CCN(c2ccc(Cl)cc2)CC1. The lowest BCUT2D eigenvalue weighted by Crippen LogP contribution is -2.47. The Bertz CT molecular complexity index is 620. The lowest BCUT2D eigenvalue weighted by molar-refractivity contribution is 0.645. The second kappa shape index (κ2) is 5.77. The highest BCUT2D eigenvalue weighted by Crippen LogP contribution is 2.23. The van der Waals surface area contributed by atoms with E-state index in [-0.39, 0.29) is 0 Å². The van der Waals surface area contributed by atoms with Gasteiger partial charge in [0.05, 0.1) is 0 Å². The number of nitrogens with zero attached hydrogens (tertiary/aromatic N) is 4. The fourth-order valence-corrected chi connectivity index (χ4v) is 2.72. The van der Waals surface area contributed by atoms with E-state index in [0.29, 0.717) is 5.95 Å². The summed E-state index contributed by atoms with van der Waals surface area (Å²) in [6.07, 6.45) is 1.78. The van der Waals surface area contributed by atoms with Crippen molar-refractivity contribution in [2.75, 3.05) is 41.7 Å². The van der Waals surface area contributed by atoms with Gasteiger partial charge in [-0.15, -0.1) is 0 Å². The van der Waals surface area contributed by atoms with Crippen LogP contribution in [0.4, 0.5) is 17.5 Å². The Labute approximate surface area is 129 Å². The van der Waals surface area contributed by atoms with Crippen molar-refractivity contribution >= 4 is 29.1 Å². The summed E-state index contributed by atoms with van der Waals surface area (Å²) >= 11 is 5.93. The first-order chi connectivity index (χ1) is 10.1. The molecule has 1 aliphatic rings. The third-order valence-corrected chi connectivity index (χ3v) is 3.99. The molecule has 2 heterocycles. The number of aromatic nitrogens is 2. The van der Waals surface area contributed by atoms with Crippen molar-refractivity contribution in [3.05, 3.63) is 41.0 Å². The zero-order valence-electron chi connectivity index (χ0n) is 12.0. The van der Waals surface area contributed by atoms with Gasteiger partial charge in [0.15, 0.2) is 0 Å². The molecule has 0 spiro atoms. The number of halogens is 1. The lowest BCUT2D eigenvalue weighted by Gasteiger charge is -2.37. The second-order valence-electron chi connectivity index (χ2n) is 5.19. The second-order valence-corrected chi connectivity index (χ2v) is 5.62. The van der Waals surface area contributed by atoms with Crippen LogP contribution in [0.1, 0.15) is 5.56 Å². The fraction of sp³-hybridized carbons (Fsp3) is 0.333. The molecule has 0 amide bonds. The highest BCUT2D eigenvalue weighted by atomic mass is 35.5. The number of rotatable bonds is 2. The molecule has 1 fully saturated rings. The fourth-order valence-electron chi connectivity index (χ4n) is 2.59. The van der Waals surface area contributed by atoms with Gasteiger partial charge in [-0.2, -0.15) is 4.98 Å². The molecule has 3 rings (SSSR count). The standard InChI is InChI=1S/C15H18ClN5/c1-11-10-18-15(17)19-14(11)21-8-6-20(7-9-21)13-4-2-12(16)3-5-13/h2-5,10H,6-9H2,1H3,(H2,17,18,19). The molecule has 1 aromatic carbocycles. The van der Waals surface area contributed by atoms with Crippen LogP contribution in [0.3, 0.4) is 0 Å².